The number of halogens is 1. The fraction of sp³-hybridized carbons (Fsp3) is 0.500. The van der Waals surface area contributed by atoms with Crippen LogP contribution in [-0.2, 0) is 14.3 Å². The van der Waals surface area contributed by atoms with Gasteiger partial charge < -0.3 is 9.47 Å². The van der Waals surface area contributed by atoms with Crippen LogP contribution in [0.25, 0.3) is 0 Å². The SMILES string of the molecule is COC(CCOC(C)=O)n1cc(F)c(=O)[nH]c1=O. The minimum Gasteiger partial charge on any atom is -0.466 e. The number of carbonyl (C=O) groups is 1. The van der Waals surface area contributed by atoms with E-state index in [4.69, 9.17) is 4.74 Å². The molecule has 1 atom stereocenters. The van der Waals surface area contributed by atoms with Gasteiger partial charge in [-0.15, -0.1) is 0 Å². The number of ether oxygens (including phenoxy) is 2. The minimum atomic E-state index is -1.09. The largest absolute Gasteiger partial charge is 0.466 e. The van der Waals surface area contributed by atoms with Gasteiger partial charge in [0, 0.05) is 20.5 Å². The monoisotopic (exact) mass is 260 g/mol. The van der Waals surface area contributed by atoms with E-state index in [-0.39, 0.29) is 13.0 Å². The highest BCUT2D eigenvalue weighted by atomic mass is 19.1. The van der Waals surface area contributed by atoms with Crippen LogP contribution in [0.5, 0.6) is 0 Å². The fourth-order valence-electron chi connectivity index (χ4n) is 1.35. The Balaban J connectivity index is 2.88. The zero-order valence-corrected chi connectivity index (χ0v) is 9.94. The van der Waals surface area contributed by atoms with Gasteiger partial charge >= 0.3 is 11.7 Å². The summed E-state index contributed by atoms with van der Waals surface area (Å²) in [6.45, 7) is 1.26. The standard InChI is InChI=1S/C10H13FN2O5/c1-6(14)18-4-3-8(17-2)13-5-7(11)9(15)12-10(13)16/h5,8H,3-4H2,1-2H3,(H,12,15,16). The van der Waals surface area contributed by atoms with Crippen LogP contribution in [0, 0.1) is 5.82 Å². The summed E-state index contributed by atoms with van der Waals surface area (Å²) in [6, 6.07) is 0. The first kappa shape index (κ1) is 14.1. The first-order valence-electron chi connectivity index (χ1n) is 5.13. The molecule has 1 unspecified atom stereocenters. The molecular formula is C10H13FN2O5. The molecule has 18 heavy (non-hydrogen) atoms. The van der Waals surface area contributed by atoms with E-state index < -0.39 is 29.3 Å². The summed E-state index contributed by atoms with van der Waals surface area (Å²) < 4.78 is 23.6. The van der Waals surface area contributed by atoms with Crippen molar-refractivity contribution in [3.05, 3.63) is 32.9 Å². The number of carbonyl (C=O) groups excluding carboxylic acids is 1. The van der Waals surface area contributed by atoms with Crippen molar-refractivity contribution in [3.63, 3.8) is 0 Å². The fourth-order valence-corrected chi connectivity index (χ4v) is 1.35. The van der Waals surface area contributed by atoms with Gasteiger partial charge in [0.2, 0.25) is 5.82 Å². The Bertz CT molecular complexity index is 536. The topological polar surface area (TPSA) is 90.4 Å². The summed E-state index contributed by atoms with van der Waals surface area (Å²) >= 11 is 0. The lowest BCUT2D eigenvalue weighted by molar-refractivity contribution is -0.142. The van der Waals surface area contributed by atoms with Crippen LogP contribution in [0.2, 0.25) is 0 Å². The minimum absolute atomic E-state index is 0.0149. The molecule has 1 N–H and O–H groups in total. The van der Waals surface area contributed by atoms with Gasteiger partial charge in [0.1, 0.15) is 6.23 Å². The molecule has 8 heteroatoms. The van der Waals surface area contributed by atoms with Crippen LogP contribution in [0.1, 0.15) is 19.6 Å². The van der Waals surface area contributed by atoms with Gasteiger partial charge in [0.25, 0.3) is 5.56 Å². The zero-order valence-electron chi connectivity index (χ0n) is 9.94. The van der Waals surface area contributed by atoms with Crippen molar-refractivity contribution >= 4 is 5.97 Å². The third-order valence-electron chi connectivity index (χ3n) is 2.18. The number of esters is 1. The normalized spacial score (nSPS) is 12.2. The second-order valence-electron chi connectivity index (χ2n) is 3.46. The molecule has 0 saturated heterocycles. The molecule has 0 aromatic carbocycles. The molecule has 0 saturated carbocycles. The number of aromatic amines is 1. The Morgan fingerprint density at radius 3 is 2.78 bits per heavy atom. The number of methoxy groups -OCH3 is 1. The van der Waals surface area contributed by atoms with Gasteiger partial charge in [-0.05, 0) is 0 Å². The van der Waals surface area contributed by atoms with Crippen LogP contribution >= 0.6 is 0 Å². The van der Waals surface area contributed by atoms with E-state index in [1.165, 1.54) is 14.0 Å². The first-order valence-corrected chi connectivity index (χ1v) is 5.13. The predicted octanol–water partition coefficient (Wildman–Crippen LogP) is -0.226. The van der Waals surface area contributed by atoms with E-state index in [1.54, 1.807) is 0 Å². The molecule has 0 aliphatic carbocycles. The summed E-state index contributed by atoms with van der Waals surface area (Å²) in [5.74, 6) is -1.56. The van der Waals surface area contributed by atoms with Crippen LogP contribution in [0.3, 0.4) is 0 Å². The highest BCUT2D eigenvalue weighted by molar-refractivity contribution is 5.65. The summed E-state index contributed by atoms with van der Waals surface area (Å²) in [5.41, 5.74) is -1.89. The average Bonchev–Trinajstić information content (AvgIpc) is 2.30. The molecule has 1 aromatic heterocycles. The van der Waals surface area contributed by atoms with Crippen molar-refractivity contribution in [3.8, 4) is 0 Å². The lowest BCUT2D eigenvalue weighted by Crippen LogP contribution is -2.34. The molecular weight excluding hydrogens is 247 g/mol. The third kappa shape index (κ3) is 3.52. The van der Waals surface area contributed by atoms with E-state index in [0.29, 0.717) is 0 Å². The van der Waals surface area contributed by atoms with E-state index >= 15 is 0 Å². The van der Waals surface area contributed by atoms with E-state index in [9.17, 15) is 18.8 Å². The average molecular weight is 260 g/mol. The van der Waals surface area contributed by atoms with Crippen molar-refractivity contribution in [2.75, 3.05) is 13.7 Å². The van der Waals surface area contributed by atoms with Gasteiger partial charge in [-0.3, -0.25) is 19.1 Å². The quantitative estimate of drug-likeness (QED) is 0.739. The Hall–Kier alpha value is -1.96. The summed E-state index contributed by atoms with van der Waals surface area (Å²) in [7, 11) is 1.31. The van der Waals surface area contributed by atoms with Crippen LogP contribution in [0.4, 0.5) is 4.39 Å². The maximum Gasteiger partial charge on any atom is 0.330 e. The second kappa shape index (κ2) is 6.10. The highest BCUT2D eigenvalue weighted by Gasteiger charge is 2.14. The Kier molecular flexibility index (Phi) is 4.78. The molecule has 0 fully saturated rings. The van der Waals surface area contributed by atoms with Crippen LogP contribution in [0.15, 0.2) is 15.8 Å². The van der Waals surface area contributed by atoms with Crippen molar-refractivity contribution in [1.29, 1.82) is 0 Å². The smallest absolute Gasteiger partial charge is 0.330 e. The van der Waals surface area contributed by atoms with Crippen LogP contribution in [-0.4, -0.2) is 29.2 Å². The molecule has 0 bridgehead atoms. The van der Waals surface area contributed by atoms with Gasteiger partial charge in [-0.2, -0.15) is 4.39 Å². The number of nitrogens with zero attached hydrogens (tertiary/aromatic N) is 1. The second-order valence-corrected chi connectivity index (χ2v) is 3.46. The predicted molar refractivity (Wildman–Crippen MR) is 58.6 cm³/mol. The van der Waals surface area contributed by atoms with Gasteiger partial charge in [-0.1, -0.05) is 0 Å². The maximum atomic E-state index is 13.1. The number of aromatic nitrogens is 2. The number of hydrogen-bond acceptors (Lipinski definition) is 5. The molecule has 1 heterocycles. The van der Waals surface area contributed by atoms with Crippen molar-refractivity contribution in [2.45, 2.75) is 19.6 Å². The van der Waals surface area contributed by atoms with Gasteiger partial charge in [0.05, 0.1) is 12.8 Å². The van der Waals surface area contributed by atoms with E-state index in [0.717, 1.165) is 10.8 Å². The Morgan fingerprint density at radius 1 is 1.56 bits per heavy atom. The van der Waals surface area contributed by atoms with Crippen LogP contribution < -0.4 is 11.2 Å². The molecule has 1 rings (SSSR count). The lowest BCUT2D eigenvalue weighted by Gasteiger charge is -2.17. The maximum absolute atomic E-state index is 13.1. The zero-order chi connectivity index (χ0) is 13.7. The molecule has 0 radical (unpaired) electrons. The molecule has 7 nitrogen and oxygen atoms in total. The summed E-state index contributed by atoms with van der Waals surface area (Å²) in [6.07, 6.45) is 0.0769. The number of hydrogen-bond donors (Lipinski definition) is 1. The summed E-state index contributed by atoms with van der Waals surface area (Å²) in [4.78, 5) is 34.7. The number of H-pyrrole nitrogens is 1. The number of nitrogens with one attached hydrogen (secondary N) is 1. The Morgan fingerprint density at radius 2 is 2.22 bits per heavy atom. The van der Waals surface area contributed by atoms with Gasteiger partial charge in [0.15, 0.2) is 0 Å². The molecule has 1 aromatic rings. The van der Waals surface area contributed by atoms with Gasteiger partial charge in [-0.25, -0.2) is 4.79 Å². The van der Waals surface area contributed by atoms with Crippen molar-refractivity contribution in [1.82, 2.24) is 9.55 Å². The van der Waals surface area contributed by atoms with Crippen molar-refractivity contribution in [2.24, 2.45) is 0 Å². The molecule has 100 valence electrons. The Labute approximate surface area is 101 Å². The molecule has 0 aliphatic rings. The summed E-state index contributed by atoms with van der Waals surface area (Å²) in [5, 5.41) is 0. The lowest BCUT2D eigenvalue weighted by atomic mass is 10.4. The van der Waals surface area contributed by atoms with Crippen molar-refractivity contribution < 1.29 is 18.7 Å². The number of rotatable bonds is 5. The highest BCUT2D eigenvalue weighted by Crippen LogP contribution is 2.09. The van der Waals surface area contributed by atoms with E-state index in [2.05, 4.69) is 4.74 Å². The molecule has 0 aliphatic heterocycles. The molecule has 0 amide bonds. The third-order valence-corrected chi connectivity index (χ3v) is 2.18. The van der Waals surface area contributed by atoms with E-state index in [1.807, 2.05) is 4.98 Å². The molecule has 0 spiro atoms. The first-order chi connectivity index (χ1) is 8.45.